The van der Waals surface area contributed by atoms with E-state index in [9.17, 15) is 9.59 Å². The molecule has 1 amide bonds. The van der Waals surface area contributed by atoms with E-state index in [-0.39, 0.29) is 17.2 Å². The normalized spacial score (nSPS) is 15.1. The number of rotatable bonds is 6. The summed E-state index contributed by atoms with van der Waals surface area (Å²) in [5.41, 5.74) is 2.50. The van der Waals surface area contributed by atoms with Gasteiger partial charge in [-0.2, -0.15) is 0 Å². The van der Waals surface area contributed by atoms with Crippen molar-refractivity contribution >= 4 is 46.7 Å². The molecule has 1 aliphatic rings. The lowest BCUT2D eigenvalue weighted by molar-refractivity contribution is -0.113. The molecular formula is C22H20ClN3O2S2. The van der Waals surface area contributed by atoms with Gasteiger partial charge < -0.3 is 5.32 Å². The minimum absolute atomic E-state index is 0.0289. The van der Waals surface area contributed by atoms with E-state index >= 15 is 0 Å². The van der Waals surface area contributed by atoms with Crippen LogP contribution in [0.5, 0.6) is 0 Å². The molecule has 0 saturated heterocycles. The van der Waals surface area contributed by atoms with Gasteiger partial charge in [0.15, 0.2) is 5.16 Å². The van der Waals surface area contributed by atoms with E-state index in [4.69, 9.17) is 16.6 Å². The van der Waals surface area contributed by atoms with Crippen LogP contribution in [0.2, 0.25) is 5.02 Å². The van der Waals surface area contributed by atoms with Crippen molar-refractivity contribution in [2.24, 2.45) is 0 Å². The fourth-order valence-corrected chi connectivity index (χ4v) is 5.26. The summed E-state index contributed by atoms with van der Waals surface area (Å²) in [5, 5.41) is 4.36. The standard InChI is InChI=1S/C22H20ClN3O2S2/c1-14-11-18-20(30-14)21(28)26(12-15-5-3-2-4-6-15)22(25-18)29-13-19(27)24-17-9-7-16(23)8-10-17/h2-10,14H,11-13H2,1H3,(H,24,27). The Balaban J connectivity index is 1.56. The Morgan fingerprint density at radius 3 is 2.70 bits per heavy atom. The summed E-state index contributed by atoms with van der Waals surface area (Å²) in [6.07, 6.45) is 0.770. The molecule has 0 saturated carbocycles. The molecule has 4 rings (SSSR count). The maximum Gasteiger partial charge on any atom is 0.268 e. The summed E-state index contributed by atoms with van der Waals surface area (Å²) in [6.45, 7) is 2.52. The fourth-order valence-electron chi connectivity index (χ4n) is 3.21. The summed E-state index contributed by atoms with van der Waals surface area (Å²) >= 11 is 8.75. The fraction of sp³-hybridized carbons (Fsp3) is 0.227. The van der Waals surface area contributed by atoms with Crippen LogP contribution in [0, 0.1) is 0 Å². The zero-order valence-electron chi connectivity index (χ0n) is 16.3. The van der Waals surface area contributed by atoms with Gasteiger partial charge in [0.2, 0.25) is 5.91 Å². The van der Waals surface area contributed by atoms with Gasteiger partial charge in [-0.15, -0.1) is 11.8 Å². The van der Waals surface area contributed by atoms with E-state index in [1.54, 1.807) is 40.6 Å². The molecule has 0 fully saturated rings. The topological polar surface area (TPSA) is 64.0 Å². The smallest absolute Gasteiger partial charge is 0.268 e. The van der Waals surface area contributed by atoms with Gasteiger partial charge in [0.05, 0.1) is 22.9 Å². The minimum atomic E-state index is -0.161. The average molecular weight is 458 g/mol. The maximum absolute atomic E-state index is 13.2. The van der Waals surface area contributed by atoms with E-state index in [2.05, 4.69) is 12.2 Å². The highest BCUT2D eigenvalue weighted by molar-refractivity contribution is 8.00. The van der Waals surface area contributed by atoms with E-state index in [0.29, 0.717) is 27.7 Å². The zero-order chi connectivity index (χ0) is 21.1. The van der Waals surface area contributed by atoms with Gasteiger partial charge >= 0.3 is 0 Å². The van der Waals surface area contributed by atoms with Crippen LogP contribution >= 0.6 is 35.1 Å². The summed E-state index contributed by atoms with van der Waals surface area (Å²) in [6, 6.07) is 16.8. The summed E-state index contributed by atoms with van der Waals surface area (Å²) in [5.74, 6) is -0.00297. The number of amides is 1. The monoisotopic (exact) mass is 457 g/mol. The Morgan fingerprint density at radius 1 is 1.23 bits per heavy atom. The number of anilines is 1. The molecule has 0 spiro atoms. The lowest BCUT2D eigenvalue weighted by Crippen LogP contribution is -2.26. The molecule has 154 valence electrons. The zero-order valence-corrected chi connectivity index (χ0v) is 18.7. The molecule has 8 heteroatoms. The van der Waals surface area contributed by atoms with E-state index < -0.39 is 0 Å². The predicted molar refractivity (Wildman–Crippen MR) is 124 cm³/mol. The van der Waals surface area contributed by atoms with Crippen molar-refractivity contribution in [3.05, 3.63) is 81.2 Å². The Bertz CT molecular complexity index is 1120. The number of halogens is 1. The molecule has 1 atom stereocenters. The molecule has 1 aliphatic heterocycles. The number of hydrogen-bond donors (Lipinski definition) is 1. The van der Waals surface area contributed by atoms with Crippen LogP contribution in [0.1, 0.15) is 18.2 Å². The van der Waals surface area contributed by atoms with Crippen molar-refractivity contribution in [1.82, 2.24) is 9.55 Å². The van der Waals surface area contributed by atoms with Crippen molar-refractivity contribution in [3.8, 4) is 0 Å². The molecule has 0 bridgehead atoms. The van der Waals surface area contributed by atoms with Gasteiger partial charge in [-0.3, -0.25) is 14.2 Å². The maximum atomic E-state index is 13.2. The molecule has 5 nitrogen and oxygen atoms in total. The van der Waals surface area contributed by atoms with Crippen LogP contribution in [0.25, 0.3) is 0 Å². The third-order valence-electron chi connectivity index (χ3n) is 4.61. The number of fused-ring (bicyclic) bond motifs is 1. The van der Waals surface area contributed by atoms with Gasteiger partial charge in [-0.05, 0) is 29.8 Å². The molecule has 2 heterocycles. The molecule has 0 aliphatic carbocycles. The first-order chi connectivity index (χ1) is 14.5. The predicted octanol–water partition coefficient (Wildman–Crippen LogP) is 4.71. The third-order valence-corrected chi connectivity index (χ3v) is 7.05. The van der Waals surface area contributed by atoms with E-state index in [1.165, 1.54) is 11.8 Å². The number of nitrogens with one attached hydrogen (secondary N) is 1. The van der Waals surface area contributed by atoms with Crippen LogP contribution in [0.3, 0.4) is 0 Å². The summed E-state index contributed by atoms with van der Waals surface area (Å²) < 4.78 is 1.68. The third kappa shape index (κ3) is 4.91. The Labute approximate surface area is 188 Å². The van der Waals surface area contributed by atoms with Crippen LogP contribution in [0.15, 0.2) is 69.4 Å². The van der Waals surface area contributed by atoms with Crippen LogP contribution in [0.4, 0.5) is 5.69 Å². The molecular weight excluding hydrogens is 438 g/mol. The van der Waals surface area contributed by atoms with E-state index in [0.717, 1.165) is 22.6 Å². The lowest BCUT2D eigenvalue weighted by Gasteiger charge is -2.14. The second-order valence-electron chi connectivity index (χ2n) is 7.02. The highest BCUT2D eigenvalue weighted by Crippen LogP contribution is 2.34. The van der Waals surface area contributed by atoms with Crippen molar-refractivity contribution in [2.75, 3.05) is 11.1 Å². The number of thioether (sulfide) groups is 2. The summed E-state index contributed by atoms with van der Waals surface area (Å²) in [4.78, 5) is 31.1. The number of aromatic nitrogens is 2. The summed E-state index contributed by atoms with van der Waals surface area (Å²) in [7, 11) is 0. The quantitative estimate of drug-likeness (QED) is 0.429. The number of hydrogen-bond acceptors (Lipinski definition) is 5. The van der Waals surface area contributed by atoms with Crippen LogP contribution in [-0.4, -0.2) is 26.5 Å². The van der Waals surface area contributed by atoms with Gasteiger partial charge in [-0.1, -0.05) is 60.6 Å². The number of benzene rings is 2. The molecule has 30 heavy (non-hydrogen) atoms. The number of carbonyl (C=O) groups is 1. The Kier molecular flexibility index (Phi) is 6.51. The van der Waals surface area contributed by atoms with E-state index in [1.807, 2.05) is 30.3 Å². The van der Waals surface area contributed by atoms with Crippen molar-refractivity contribution in [2.45, 2.75) is 35.2 Å². The van der Waals surface area contributed by atoms with Crippen LogP contribution in [-0.2, 0) is 17.8 Å². The number of carbonyl (C=O) groups excluding carboxylic acids is 1. The van der Waals surface area contributed by atoms with Gasteiger partial charge in [0, 0.05) is 22.4 Å². The van der Waals surface area contributed by atoms with Crippen LogP contribution < -0.4 is 10.9 Å². The minimum Gasteiger partial charge on any atom is -0.325 e. The second kappa shape index (κ2) is 9.29. The molecule has 3 aromatic rings. The van der Waals surface area contributed by atoms with Crippen molar-refractivity contribution in [1.29, 1.82) is 0 Å². The highest BCUT2D eigenvalue weighted by atomic mass is 35.5. The molecule has 1 aromatic heterocycles. The molecule has 2 aromatic carbocycles. The molecule has 0 radical (unpaired) electrons. The van der Waals surface area contributed by atoms with Crippen molar-refractivity contribution < 1.29 is 4.79 Å². The SMILES string of the molecule is CC1Cc2nc(SCC(=O)Nc3ccc(Cl)cc3)n(Cc3ccccc3)c(=O)c2S1. The molecule has 1 N–H and O–H groups in total. The Morgan fingerprint density at radius 2 is 1.97 bits per heavy atom. The van der Waals surface area contributed by atoms with Gasteiger partial charge in [0.1, 0.15) is 0 Å². The Hall–Kier alpha value is -2.22. The largest absolute Gasteiger partial charge is 0.325 e. The highest BCUT2D eigenvalue weighted by Gasteiger charge is 2.26. The second-order valence-corrected chi connectivity index (χ2v) is 9.85. The van der Waals surface area contributed by atoms with Crippen molar-refractivity contribution in [3.63, 3.8) is 0 Å². The average Bonchev–Trinajstić information content (AvgIpc) is 3.12. The van der Waals surface area contributed by atoms with Gasteiger partial charge in [-0.25, -0.2) is 4.98 Å². The van der Waals surface area contributed by atoms with Gasteiger partial charge in [0.25, 0.3) is 5.56 Å². The lowest BCUT2D eigenvalue weighted by atomic mass is 10.2. The number of nitrogens with zero attached hydrogens (tertiary/aromatic N) is 2. The first-order valence-electron chi connectivity index (χ1n) is 9.52. The first-order valence-corrected chi connectivity index (χ1v) is 11.8. The molecule has 1 unspecified atom stereocenters. The first kappa shape index (κ1) is 21.0.